The predicted octanol–water partition coefficient (Wildman–Crippen LogP) is 4.34. The number of sulfonamides is 1. The summed E-state index contributed by atoms with van der Waals surface area (Å²) in [6, 6.07) is 19.0. The minimum Gasteiger partial charge on any atom is -0.355 e. The molecule has 0 aliphatic carbocycles. The number of hydrogen-bond acceptors (Lipinski definition) is 4. The third kappa shape index (κ3) is 6.70. The second kappa shape index (κ2) is 12.1. The lowest BCUT2D eigenvalue weighted by Crippen LogP contribution is -2.51. The molecule has 0 saturated carbocycles. The second-order valence-corrected chi connectivity index (χ2v) is 10.8. The van der Waals surface area contributed by atoms with E-state index in [0.717, 1.165) is 38.6 Å². The minimum atomic E-state index is -4.22. The molecule has 3 aromatic carbocycles. The summed E-state index contributed by atoms with van der Waals surface area (Å²) in [6.45, 7) is 3.31. The first-order valence-corrected chi connectivity index (χ1v) is 13.5. The van der Waals surface area contributed by atoms with Gasteiger partial charge in [-0.3, -0.25) is 13.9 Å². The molecule has 36 heavy (non-hydrogen) atoms. The minimum absolute atomic E-state index is 0.101. The number of amides is 2. The Kier molecular flexibility index (Phi) is 9.22. The van der Waals surface area contributed by atoms with Crippen molar-refractivity contribution in [2.75, 3.05) is 17.4 Å². The van der Waals surface area contributed by atoms with E-state index in [1.54, 1.807) is 44.2 Å². The molecule has 1 atom stereocenters. The Labute approximate surface area is 219 Å². The Bertz CT molecular complexity index is 1290. The molecule has 0 saturated heterocycles. The maximum absolute atomic E-state index is 13.7. The lowest BCUT2D eigenvalue weighted by Gasteiger charge is -2.32. The summed E-state index contributed by atoms with van der Waals surface area (Å²) in [5.41, 5.74) is 1.04. The zero-order chi connectivity index (χ0) is 26.3. The molecular weight excluding hydrogens is 549 g/mol. The predicted molar refractivity (Wildman–Crippen MR) is 140 cm³/mol. The normalized spacial score (nSPS) is 12.0. The van der Waals surface area contributed by atoms with Crippen LogP contribution >= 0.6 is 15.9 Å². The highest BCUT2D eigenvalue weighted by Crippen LogP contribution is 2.24. The summed E-state index contributed by atoms with van der Waals surface area (Å²) in [6.07, 6.45) is 0. The van der Waals surface area contributed by atoms with Gasteiger partial charge in [0.25, 0.3) is 10.0 Å². The first-order valence-electron chi connectivity index (χ1n) is 11.3. The van der Waals surface area contributed by atoms with Crippen LogP contribution in [-0.2, 0) is 26.2 Å². The second-order valence-electron chi connectivity index (χ2n) is 8.02. The van der Waals surface area contributed by atoms with Crippen molar-refractivity contribution in [3.8, 4) is 0 Å². The molecule has 0 fully saturated rings. The van der Waals surface area contributed by atoms with Gasteiger partial charge in [-0.2, -0.15) is 0 Å². The average Bonchev–Trinajstić information content (AvgIpc) is 2.87. The molecule has 7 nitrogen and oxygen atoms in total. The van der Waals surface area contributed by atoms with Gasteiger partial charge in [0.1, 0.15) is 18.4 Å². The molecule has 10 heteroatoms. The highest BCUT2D eigenvalue weighted by atomic mass is 79.9. The van der Waals surface area contributed by atoms with Crippen LogP contribution in [0.3, 0.4) is 0 Å². The zero-order valence-electron chi connectivity index (χ0n) is 19.9. The van der Waals surface area contributed by atoms with Gasteiger partial charge in [-0.1, -0.05) is 46.3 Å². The first-order chi connectivity index (χ1) is 17.1. The lowest BCUT2D eigenvalue weighted by atomic mass is 10.1. The highest BCUT2D eigenvalue weighted by Gasteiger charge is 2.32. The van der Waals surface area contributed by atoms with Crippen LogP contribution in [0.15, 0.2) is 88.2 Å². The van der Waals surface area contributed by atoms with E-state index in [-0.39, 0.29) is 23.0 Å². The van der Waals surface area contributed by atoms with Gasteiger partial charge in [0.05, 0.1) is 10.6 Å². The molecule has 1 N–H and O–H groups in total. The Morgan fingerprint density at radius 3 is 2.17 bits per heavy atom. The largest absolute Gasteiger partial charge is 0.355 e. The number of carbonyl (C=O) groups excluding carboxylic acids is 2. The summed E-state index contributed by atoms with van der Waals surface area (Å²) in [7, 11) is -4.22. The number of anilines is 1. The summed E-state index contributed by atoms with van der Waals surface area (Å²) in [5, 5.41) is 2.71. The van der Waals surface area contributed by atoms with E-state index in [0.29, 0.717) is 6.54 Å². The number of likely N-dealkylation sites (N-methyl/N-ethyl adjacent to an activating group) is 1. The van der Waals surface area contributed by atoms with Crippen molar-refractivity contribution < 1.29 is 22.4 Å². The molecule has 0 bridgehead atoms. The van der Waals surface area contributed by atoms with Crippen molar-refractivity contribution in [3.63, 3.8) is 0 Å². The number of carbonyl (C=O) groups is 2. The molecule has 0 aliphatic heterocycles. The molecule has 1 unspecified atom stereocenters. The van der Waals surface area contributed by atoms with Crippen molar-refractivity contribution in [2.45, 2.75) is 31.3 Å². The molecule has 3 rings (SSSR count). The molecule has 190 valence electrons. The summed E-state index contributed by atoms with van der Waals surface area (Å²) in [4.78, 5) is 27.5. The van der Waals surface area contributed by atoms with Crippen molar-refractivity contribution in [3.05, 3.63) is 94.7 Å². The van der Waals surface area contributed by atoms with E-state index >= 15 is 0 Å². The SMILES string of the molecule is CCNC(=O)C(C)N(Cc1ccc(Br)cc1)C(=O)CN(c1ccccc1)S(=O)(=O)c1ccc(F)cc1. The van der Waals surface area contributed by atoms with E-state index in [1.165, 1.54) is 4.90 Å². The third-order valence-electron chi connectivity index (χ3n) is 5.51. The molecule has 0 spiro atoms. The molecule has 2 amide bonds. The third-order valence-corrected chi connectivity index (χ3v) is 7.83. The van der Waals surface area contributed by atoms with Crippen molar-refractivity contribution in [1.82, 2.24) is 10.2 Å². The van der Waals surface area contributed by atoms with Crippen LogP contribution in [0.4, 0.5) is 10.1 Å². The molecular formula is C26H27BrFN3O4S. The topological polar surface area (TPSA) is 86.8 Å². The number of hydrogen-bond donors (Lipinski definition) is 1. The van der Waals surface area contributed by atoms with Crippen LogP contribution in [0.2, 0.25) is 0 Å². The zero-order valence-corrected chi connectivity index (χ0v) is 22.3. The number of benzene rings is 3. The van der Waals surface area contributed by atoms with E-state index in [9.17, 15) is 22.4 Å². The smallest absolute Gasteiger partial charge is 0.264 e. The molecule has 0 radical (unpaired) electrons. The summed E-state index contributed by atoms with van der Waals surface area (Å²) < 4.78 is 42.4. The first kappa shape index (κ1) is 27.3. The highest BCUT2D eigenvalue weighted by molar-refractivity contribution is 9.10. The van der Waals surface area contributed by atoms with Gasteiger partial charge in [0.2, 0.25) is 11.8 Å². The number of para-hydroxylation sites is 1. The van der Waals surface area contributed by atoms with Gasteiger partial charge in [-0.15, -0.1) is 0 Å². The van der Waals surface area contributed by atoms with Crippen LogP contribution in [0.5, 0.6) is 0 Å². The Morgan fingerprint density at radius 1 is 0.972 bits per heavy atom. The van der Waals surface area contributed by atoms with Gasteiger partial charge >= 0.3 is 0 Å². The summed E-state index contributed by atoms with van der Waals surface area (Å²) >= 11 is 3.38. The van der Waals surface area contributed by atoms with E-state index in [4.69, 9.17) is 0 Å². The van der Waals surface area contributed by atoms with E-state index in [2.05, 4.69) is 21.2 Å². The fourth-order valence-corrected chi connectivity index (χ4v) is 5.23. The number of rotatable bonds is 10. The fourth-order valence-electron chi connectivity index (χ4n) is 3.55. The molecule has 0 aliphatic rings. The Balaban J connectivity index is 1.99. The number of halogens is 2. The fraction of sp³-hybridized carbons (Fsp3) is 0.231. The number of nitrogens with one attached hydrogen (secondary N) is 1. The maximum atomic E-state index is 13.7. The van der Waals surface area contributed by atoms with Gasteiger partial charge in [-0.05, 0) is 67.9 Å². The average molecular weight is 576 g/mol. The molecule has 3 aromatic rings. The van der Waals surface area contributed by atoms with Gasteiger partial charge < -0.3 is 10.2 Å². The Hall–Kier alpha value is -3.24. The molecule has 0 aromatic heterocycles. The van der Waals surface area contributed by atoms with Crippen LogP contribution in [0, 0.1) is 5.82 Å². The quantitative estimate of drug-likeness (QED) is 0.389. The standard InChI is InChI=1S/C26H27BrFN3O4S/c1-3-29-26(33)19(2)30(17-20-9-11-21(27)12-10-20)25(32)18-31(23-7-5-4-6-8-23)36(34,35)24-15-13-22(28)14-16-24/h4-16,19H,3,17-18H2,1-2H3,(H,29,33). The van der Waals surface area contributed by atoms with Crippen molar-refractivity contribution in [1.29, 1.82) is 0 Å². The van der Waals surface area contributed by atoms with Gasteiger partial charge in [0.15, 0.2) is 0 Å². The van der Waals surface area contributed by atoms with Crippen LogP contribution < -0.4 is 9.62 Å². The monoisotopic (exact) mass is 575 g/mol. The Morgan fingerprint density at radius 2 is 1.58 bits per heavy atom. The van der Waals surface area contributed by atoms with Crippen molar-refractivity contribution in [2.24, 2.45) is 0 Å². The summed E-state index contributed by atoms with van der Waals surface area (Å²) in [5.74, 6) is -1.49. The van der Waals surface area contributed by atoms with E-state index in [1.807, 2.05) is 24.3 Å². The van der Waals surface area contributed by atoms with Gasteiger partial charge in [0, 0.05) is 17.6 Å². The van der Waals surface area contributed by atoms with E-state index < -0.39 is 34.3 Å². The molecule has 0 heterocycles. The van der Waals surface area contributed by atoms with Crippen molar-refractivity contribution >= 4 is 43.5 Å². The maximum Gasteiger partial charge on any atom is 0.264 e. The van der Waals surface area contributed by atoms with Crippen LogP contribution in [-0.4, -0.2) is 44.3 Å². The number of nitrogens with zero attached hydrogens (tertiary/aromatic N) is 2. The van der Waals surface area contributed by atoms with Crippen LogP contribution in [0.25, 0.3) is 0 Å². The van der Waals surface area contributed by atoms with Crippen LogP contribution in [0.1, 0.15) is 19.4 Å². The lowest BCUT2D eigenvalue weighted by molar-refractivity contribution is -0.139. The van der Waals surface area contributed by atoms with Gasteiger partial charge in [-0.25, -0.2) is 12.8 Å².